The maximum absolute atomic E-state index is 12.0. The Kier molecular flexibility index (Phi) is 6.03. The van der Waals surface area contributed by atoms with Crippen molar-refractivity contribution in [1.29, 1.82) is 0 Å². The van der Waals surface area contributed by atoms with Crippen LogP contribution in [0.15, 0.2) is 48.5 Å². The van der Waals surface area contributed by atoms with E-state index in [1.807, 2.05) is 56.3 Å². The normalized spacial score (nSPS) is 11.6. The van der Waals surface area contributed by atoms with E-state index >= 15 is 0 Å². The van der Waals surface area contributed by atoms with Gasteiger partial charge in [0.1, 0.15) is 18.1 Å². The summed E-state index contributed by atoms with van der Waals surface area (Å²) in [6, 6.07) is 15.4. The Morgan fingerprint density at radius 3 is 2.35 bits per heavy atom. The minimum atomic E-state index is -0.548. The molecular weight excluding hydrogens is 290 g/mol. The zero-order chi connectivity index (χ0) is 16.7. The minimum absolute atomic E-state index is 0.152. The second-order valence-corrected chi connectivity index (χ2v) is 5.54. The van der Waals surface area contributed by atoms with E-state index in [-0.39, 0.29) is 5.91 Å². The van der Waals surface area contributed by atoms with Crippen LogP contribution >= 0.6 is 0 Å². The van der Waals surface area contributed by atoms with Crippen molar-refractivity contribution >= 4 is 5.91 Å². The fraction of sp³-hybridized carbons (Fsp3) is 0.316. The third kappa shape index (κ3) is 5.66. The van der Waals surface area contributed by atoms with Gasteiger partial charge in [-0.1, -0.05) is 24.3 Å². The van der Waals surface area contributed by atoms with Gasteiger partial charge in [0, 0.05) is 0 Å². The second-order valence-electron chi connectivity index (χ2n) is 5.54. The van der Waals surface area contributed by atoms with Crippen LogP contribution in [0.3, 0.4) is 0 Å². The molecule has 0 heterocycles. The van der Waals surface area contributed by atoms with Gasteiger partial charge in [-0.15, -0.1) is 0 Å². The lowest BCUT2D eigenvalue weighted by Crippen LogP contribution is -2.38. The molecule has 0 fully saturated rings. The third-order valence-electron chi connectivity index (χ3n) is 3.29. The molecule has 2 aromatic rings. The average Bonchev–Trinajstić information content (AvgIpc) is 2.51. The number of rotatable bonds is 7. The predicted molar refractivity (Wildman–Crippen MR) is 91.0 cm³/mol. The first-order valence-electron chi connectivity index (χ1n) is 7.75. The first kappa shape index (κ1) is 16.9. The summed E-state index contributed by atoms with van der Waals surface area (Å²) in [6.07, 6.45) is -0.548. The minimum Gasteiger partial charge on any atom is -0.492 e. The molecule has 2 aromatic carbocycles. The van der Waals surface area contributed by atoms with E-state index in [1.165, 1.54) is 0 Å². The summed E-state index contributed by atoms with van der Waals surface area (Å²) in [5.74, 6) is 1.35. The Morgan fingerprint density at radius 1 is 1.04 bits per heavy atom. The Morgan fingerprint density at radius 2 is 1.70 bits per heavy atom. The molecule has 0 aliphatic carbocycles. The van der Waals surface area contributed by atoms with Crippen LogP contribution in [-0.2, 0) is 4.79 Å². The van der Waals surface area contributed by atoms with Crippen molar-refractivity contribution in [3.05, 3.63) is 59.7 Å². The first-order chi connectivity index (χ1) is 11.0. The average molecular weight is 313 g/mol. The summed E-state index contributed by atoms with van der Waals surface area (Å²) in [7, 11) is 0. The smallest absolute Gasteiger partial charge is 0.260 e. The molecular formula is C19H23NO3. The highest BCUT2D eigenvalue weighted by Gasteiger charge is 2.14. The van der Waals surface area contributed by atoms with Gasteiger partial charge in [-0.3, -0.25) is 4.79 Å². The van der Waals surface area contributed by atoms with Gasteiger partial charge < -0.3 is 14.8 Å². The van der Waals surface area contributed by atoms with E-state index in [0.717, 1.165) is 16.9 Å². The number of hydrogen-bond acceptors (Lipinski definition) is 3. The number of hydrogen-bond donors (Lipinski definition) is 1. The molecule has 23 heavy (non-hydrogen) atoms. The topological polar surface area (TPSA) is 47.6 Å². The molecule has 0 spiro atoms. The van der Waals surface area contributed by atoms with Crippen LogP contribution in [0.5, 0.6) is 11.5 Å². The van der Waals surface area contributed by atoms with Crippen LogP contribution in [0.1, 0.15) is 18.1 Å². The Bertz CT molecular complexity index is 620. The number of benzene rings is 2. The quantitative estimate of drug-likeness (QED) is 0.798. The number of carbonyl (C=O) groups is 1. The number of amides is 1. The summed E-state index contributed by atoms with van der Waals surface area (Å²) >= 11 is 0. The maximum atomic E-state index is 12.0. The van der Waals surface area contributed by atoms with Gasteiger partial charge in [0.25, 0.3) is 5.91 Å². The molecule has 1 atom stereocenters. The zero-order valence-corrected chi connectivity index (χ0v) is 13.8. The summed E-state index contributed by atoms with van der Waals surface area (Å²) < 4.78 is 11.2. The lowest BCUT2D eigenvalue weighted by atomic mass is 10.1. The number of ether oxygens (including phenoxy) is 2. The Balaban J connectivity index is 1.74. The van der Waals surface area contributed by atoms with E-state index in [1.54, 1.807) is 6.92 Å². The van der Waals surface area contributed by atoms with Gasteiger partial charge in [0.2, 0.25) is 0 Å². The number of nitrogens with one attached hydrogen (secondary N) is 1. The monoisotopic (exact) mass is 313 g/mol. The first-order valence-corrected chi connectivity index (χ1v) is 7.75. The highest BCUT2D eigenvalue weighted by atomic mass is 16.5. The van der Waals surface area contributed by atoms with Crippen LogP contribution in [0.4, 0.5) is 0 Å². The number of aryl methyl sites for hydroxylation is 2. The standard InChI is InChI=1S/C19H23NO3/c1-14-11-15(2)13-18(12-14)23-16(3)19(21)20-9-10-22-17-7-5-4-6-8-17/h4-8,11-13,16H,9-10H2,1-3H3,(H,20,21). The van der Waals surface area contributed by atoms with Crippen molar-refractivity contribution in [1.82, 2.24) is 5.32 Å². The van der Waals surface area contributed by atoms with Gasteiger partial charge >= 0.3 is 0 Å². The molecule has 0 radical (unpaired) electrons. The van der Waals surface area contributed by atoms with Crippen LogP contribution in [0.2, 0.25) is 0 Å². The van der Waals surface area contributed by atoms with Crippen molar-refractivity contribution < 1.29 is 14.3 Å². The SMILES string of the molecule is Cc1cc(C)cc(OC(C)C(=O)NCCOc2ccccc2)c1. The molecule has 1 amide bonds. The molecule has 122 valence electrons. The molecule has 1 unspecified atom stereocenters. The molecule has 0 saturated carbocycles. The second kappa shape index (κ2) is 8.22. The van der Waals surface area contributed by atoms with Crippen molar-refractivity contribution in [2.75, 3.05) is 13.2 Å². The third-order valence-corrected chi connectivity index (χ3v) is 3.29. The molecule has 0 bridgehead atoms. The van der Waals surface area contributed by atoms with Gasteiger partial charge in [0.15, 0.2) is 6.10 Å². The number of carbonyl (C=O) groups excluding carboxylic acids is 1. The van der Waals surface area contributed by atoms with Crippen LogP contribution in [-0.4, -0.2) is 25.2 Å². The molecule has 0 aliphatic heterocycles. The summed E-state index contributed by atoms with van der Waals surface area (Å²) in [4.78, 5) is 12.0. The molecule has 0 saturated heterocycles. The highest BCUT2D eigenvalue weighted by Crippen LogP contribution is 2.17. The Hall–Kier alpha value is -2.49. The van der Waals surface area contributed by atoms with E-state index in [4.69, 9.17) is 9.47 Å². The van der Waals surface area contributed by atoms with Crippen molar-refractivity contribution in [3.63, 3.8) is 0 Å². The molecule has 0 aromatic heterocycles. The largest absolute Gasteiger partial charge is 0.492 e. The van der Waals surface area contributed by atoms with Crippen molar-refractivity contribution in [2.45, 2.75) is 26.9 Å². The Labute approximate surface area is 137 Å². The molecule has 4 nitrogen and oxygen atoms in total. The maximum Gasteiger partial charge on any atom is 0.260 e. The molecule has 0 aliphatic rings. The van der Waals surface area contributed by atoms with Crippen molar-refractivity contribution in [2.24, 2.45) is 0 Å². The summed E-state index contributed by atoms with van der Waals surface area (Å²) in [6.45, 7) is 6.61. The fourth-order valence-corrected chi connectivity index (χ4v) is 2.26. The van der Waals surface area contributed by atoms with Gasteiger partial charge in [0.05, 0.1) is 6.54 Å². The van der Waals surface area contributed by atoms with Gasteiger partial charge in [-0.2, -0.15) is 0 Å². The van der Waals surface area contributed by atoms with E-state index in [2.05, 4.69) is 11.4 Å². The molecule has 2 rings (SSSR count). The lowest BCUT2D eigenvalue weighted by molar-refractivity contribution is -0.127. The fourth-order valence-electron chi connectivity index (χ4n) is 2.26. The van der Waals surface area contributed by atoms with Crippen LogP contribution in [0.25, 0.3) is 0 Å². The van der Waals surface area contributed by atoms with Crippen LogP contribution < -0.4 is 14.8 Å². The molecule has 4 heteroatoms. The predicted octanol–water partition coefficient (Wildman–Crippen LogP) is 3.27. The van der Waals surface area contributed by atoms with Crippen LogP contribution in [0, 0.1) is 13.8 Å². The van der Waals surface area contributed by atoms with Gasteiger partial charge in [-0.25, -0.2) is 0 Å². The highest BCUT2D eigenvalue weighted by molar-refractivity contribution is 5.80. The zero-order valence-electron chi connectivity index (χ0n) is 13.8. The van der Waals surface area contributed by atoms with E-state index < -0.39 is 6.10 Å². The number of para-hydroxylation sites is 1. The van der Waals surface area contributed by atoms with E-state index in [0.29, 0.717) is 18.9 Å². The summed E-state index contributed by atoms with van der Waals surface area (Å²) in [5, 5.41) is 2.81. The van der Waals surface area contributed by atoms with E-state index in [9.17, 15) is 4.79 Å². The van der Waals surface area contributed by atoms with Crippen molar-refractivity contribution in [3.8, 4) is 11.5 Å². The molecule has 1 N–H and O–H groups in total. The summed E-state index contributed by atoms with van der Waals surface area (Å²) in [5.41, 5.74) is 2.23. The van der Waals surface area contributed by atoms with Gasteiger partial charge in [-0.05, 0) is 56.2 Å². The lowest BCUT2D eigenvalue weighted by Gasteiger charge is -2.16.